The van der Waals surface area contributed by atoms with Gasteiger partial charge in [0, 0.05) is 29.7 Å². The second-order valence-corrected chi connectivity index (χ2v) is 9.61. The Kier molecular flexibility index (Phi) is 7.05. The number of hydrogen-bond donors (Lipinski definition) is 1. The highest BCUT2D eigenvalue weighted by Crippen LogP contribution is 2.26. The highest BCUT2D eigenvalue weighted by molar-refractivity contribution is 7.89. The highest BCUT2D eigenvalue weighted by Gasteiger charge is 2.33. The lowest BCUT2D eigenvalue weighted by Crippen LogP contribution is -2.45. The van der Waals surface area contributed by atoms with Gasteiger partial charge in [-0.3, -0.25) is 4.79 Å². The van der Waals surface area contributed by atoms with Crippen LogP contribution < -0.4 is 10.1 Å². The number of benzene rings is 2. The summed E-state index contributed by atoms with van der Waals surface area (Å²) in [6.45, 7) is 0.798. The summed E-state index contributed by atoms with van der Waals surface area (Å²) in [5.74, 6) is -0.0193. The minimum Gasteiger partial charge on any atom is -0.497 e. The Morgan fingerprint density at radius 1 is 1.21 bits per heavy atom. The van der Waals surface area contributed by atoms with Gasteiger partial charge in [-0.25, -0.2) is 8.42 Å². The number of carbonyl (C=O) groups excluding carboxylic acids is 1. The standard InChI is InChI=1S/C20H22Cl2N2O4S/c1-28-17-6-8-18(9-7-17)29(26,27)24-10-2-3-15(13-24)20(25)23-12-14-4-5-16(21)11-19(14)22/h4-9,11,15H,2-3,10,12-13H2,1H3,(H,23,25)/t15-/m1/s1. The lowest BCUT2D eigenvalue weighted by molar-refractivity contribution is -0.126. The maximum Gasteiger partial charge on any atom is 0.243 e. The van der Waals surface area contributed by atoms with E-state index in [4.69, 9.17) is 27.9 Å². The molecule has 29 heavy (non-hydrogen) atoms. The number of rotatable bonds is 6. The van der Waals surface area contributed by atoms with Gasteiger partial charge < -0.3 is 10.1 Å². The van der Waals surface area contributed by atoms with Crippen molar-refractivity contribution in [2.75, 3.05) is 20.2 Å². The molecule has 2 aromatic carbocycles. The first-order chi connectivity index (χ1) is 13.8. The number of methoxy groups -OCH3 is 1. The molecule has 2 aromatic rings. The smallest absolute Gasteiger partial charge is 0.243 e. The van der Waals surface area contributed by atoms with Gasteiger partial charge in [0.2, 0.25) is 15.9 Å². The zero-order valence-corrected chi connectivity index (χ0v) is 18.2. The van der Waals surface area contributed by atoms with Gasteiger partial charge >= 0.3 is 0 Å². The second-order valence-electron chi connectivity index (χ2n) is 6.83. The van der Waals surface area contributed by atoms with Gasteiger partial charge in [-0.1, -0.05) is 29.3 Å². The zero-order valence-electron chi connectivity index (χ0n) is 15.9. The topological polar surface area (TPSA) is 75.7 Å². The van der Waals surface area contributed by atoms with Crippen molar-refractivity contribution in [3.05, 3.63) is 58.1 Å². The maximum atomic E-state index is 12.9. The van der Waals surface area contributed by atoms with Crippen LogP contribution in [0.1, 0.15) is 18.4 Å². The molecular weight excluding hydrogens is 435 g/mol. The molecule has 0 saturated carbocycles. The second kappa shape index (κ2) is 9.34. The molecule has 0 spiro atoms. The van der Waals surface area contributed by atoms with E-state index in [0.29, 0.717) is 35.2 Å². The lowest BCUT2D eigenvalue weighted by atomic mass is 9.99. The Morgan fingerprint density at radius 2 is 1.93 bits per heavy atom. The van der Waals surface area contributed by atoms with Crippen molar-refractivity contribution in [1.82, 2.24) is 9.62 Å². The van der Waals surface area contributed by atoms with Crippen LogP contribution in [0.25, 0.3) is 0 Å². The Balaban J connectivity index is 1.65. The number of nitrogens with zero attached hydrogens (tertiary/aromatic N) is 1. The summed E-state index contributed by atoms with van der Waals surface area (Å²) in [6, 6.07) is 11.3. The summed E-state index contributed by atoms with van der Waals surface area (Å²) in [5.41, 5.74) is 0.753. The third-order valence-electron chi connectivity index (χ3n) is 4.92. The fraction of sp³-hybridized carbons (Fsp3) is 0.350. The van der Waals surface area contributed by atoms with Crippen molar-refractivity contribution in [3.8, 4) is 5.75 Å². The molecule has 3 rings (SSSR count). The average Bonchev–Trinajstić information content (AvgIpc) is 2.73. The van der Waals surface area contributed by atoms with Crippen molar-refractivity contribution in [3.63, 3.8) is 0 Å². The summed E-state index contributed by atoms with van der Waals surface area (Å²) in [7, 11) is -2.15. The molecule has 9 heteroatoms. The summed E-state index contributed by atoms with van der Waals surface area (Å²) in [4.78, 5) is 12.8. The molecule has 1 fully saturated rings. The lowest BCUT2D eigenvalue weighted by Gasteiger charge is -2.31. The van der Waals surface area contributed by atoms with Crippen LogP contribution in [-0.2, 0) is 21.4 Å². The molecule has 0 aliphatic carbocycles. The van der Waals surface area contributed by atoms with E-state index in [9.17, 15) is 13.2 Å². The number of ether oxygens (including phenoxy) is 1. The molecule has 1 aliphatic rings. The van der Waals surface area contributed by atoms with Gasteiger partial charge in [-0.05, 0) is 54.8 Å². The molecule has 0 unspecified atom stereocenters. The molecule has 0 aromatic heterocycles. The van der Waals surface area contributed by atoms with Gasteiger partial charge in [0.05, 0.1) is 17.9 Å². The molecule has 1 heterocycles. The first-order valence-corrected chi connectivity index (χ1v) is 11.4. The van der Waals surface area contributed by atoms with E-state index >= 15 is 0 Å². The Morgan fingerprint density at radius 3 is 2.59 bits per heavy atom. The molecule has 156 valence electrons. The predicted molar refractivity (Wildman–Crippen MR) is 113 cm³/mol. The molecule has 0 bridgehead atoms. The normalized spacial score (nSPS) is 17.7. The van der Waals surface area contributed by atoms with Crippen molar-refractivity contribution >= 4 is 39.1 Å². The first-order valence-electron chi connectivity index (χ1n) is 9.17. The first kappa shape index (κ1) is 21.9. The third kappa shape index (κ3) is 5.22. The monoisotopic (exact) mass is 456 g/mol. The molecular formula is C20H22Cl2N2O4S. The van der Waals surface area contributed by atoms with E-state index in [1.807, 2.05) is 0 Å². The van der Waals surface area contributed by atoms with E-state index in [2.05, 4.69) is 5.32 Å². The van der Waals surface area contributed by atoms with Crippen LogP contribution in [0.15, 0.2) is 47.4 Å². The Labute approximate surface area is 180 Å². The van der Waals surface area contributed by atoms with E-state index < -0.39 is 15.9 Å². The third-order valence-corrected chi connectivity index (χ3v) is 7.39. The minimum absolute atomic E-state index is 0.147. The number of hydrogen-bond acceptors (Lipinski definition) is 4. The summed E-state index contributed by atoms with van der Waals surface area (Å²) in [6.07, 6.45) is 1.25. The van der Waals surface area contributed by atoms with Gasteiger partial charge in [0.1, 0.15) is 5.75 Å². The van der Waals surface area contributed by atoms with Crippen molar-refractivity contribution in [2.24, 2.45) is 5.92 Å². The molecule has 6 nitrogen and oxygen atoms in total. The quantitative estimate of drug-likeness (QED) is 0.718. The Bertz CT molecular complexity index is 980. The highest BCUT2D eigenvalue weighted by atomic mass is 35.5. The van der Waals surface area contributed by atoms with Gasteiger partial charge in [0.25, 0.3) is 0 Å². The summed E-state index contributed by atoms with van der Waals surface area (Å²) >= 11 is 12.0. The van der Waals surface area contributed by atoms with E-state index in [0.717, 1.165) is 5.56 Å². The molecule has 1 atom stereocenters. The molecule has 0 radical (unpaired) electrons. The maximum absolute atomic E-state index is 12.9. The predicted octanol–water partition coefficient (Wildman–Crippen LogP) is 3.72. The SMILES string of the molecule is COc1ccc(S(=O)(=O)N2CCC[C@@H](C(=O)NCc3ccc(Cl)cc3Cl)C2)cc1. The van der Waals surface area contributed by atoms with Crippen LogP contribution in [0, 0.1) is 5.92 Å². The summed E-state index contributed by atoms with van der Waals surface area (Å²) < 4.78 is 32.3. The number of sulfonamides is 1. The van der Waals surface area contributed by atoms with Crippen molar-refractivity contribution < 1.29 is 17.9 Å². The number of nitrogens with one attached hydrogen (secondary N) is 1. The molecule has 1 aliphatic heterocycles. The number of amides is 1. The van der Waals surface area contributed by atoms with Gasteiger partial charge in [-0.2, -0.15) is 4.31 Å². The minimum atomic E-state index is -3.67. The Hall–Kier alpha value is -1.80. The van der Waals surface area contributed by atoms with Crippen LogP contribution in [0.4, 0.5) is 0 Å². The van der Waals surface area contributed by atoms with Gasteiger partial charge in [-0.15, -0.1) is 0 Å². The fourth-order valence-corrected chi connectivity index (χ4v) is 5.26. The largest absolute Gasteiger partial charge is 0.497 e. The van der Waals surface area contributed by atoms with E-state index in [-0.39, 0.29) is 23.9 Å². The van der Waals surface area contributed by atoms with Crippen LogP contribution >= 0.6 is 23.2 Å². The van der Waals surface area contributed by atoms with E-state index in [1.54, 1.807) is 30.3 Å². The number of halogens is 2. The number of piperidine rings is 1. The number of carbonyl (C=O) groups is 1. The van der Waals surface area contributed by atoms with Gasteiger partial charge in [0.15, 0.2) is 0 Å². The van der Waals surface area contributed by atoms with Crippen LogP contribution in [0.5, 0.6) is 5.75 Å². The zero-order chi connectivity index (χ0) is 21.0. The van der Waals surface area contributed by atoms with E-state index in [1.165, 1.54) is 23.5 Å². The van der Waals surface area contributed by atoms with Crippen molar-refractivity contribution in [2.45, 2.75) is 24.3 Å². The van der Waals surface area contributed by atoms with Crippen LogP contribution in [0.2, 0.25) is 10.0 Å². The summed E-state index contributed by atoms with van der Waals surface area (Å²) in [5, 5.41) is 3.85. The molecule has 1 saturated heterocycles. The van der Waals surface area contributed by atoms with Crippen LogP contribution in [0.3, 0.4) is 0 Å². The molecule has 1 amide bonds. The van der Waals surface area contributed by atoms with Crippen LogP contribution in [-0.4, -0.2) is 38.8 Å². The fourth-order valence-electron chi connectivity index (χ4n) is 3.26. The molecule has 1 N–H and O–H groups in total. The van der Waals surface area contributed by atoms with Crippen molar-refractivity contribution in [1.29, 1.82) is 0 Å². The average molecular weight is 457 g/mol.